The van der Waals surface area contributed by atoms with Crippen molar-refractivity contribution in [2.75, 3.05) is 32.7 Å². The lowest BCUT2D eigenvalue weighted by molar-refractivity contribution is -0.130. The summed E-state index contributed by atoms with van der Waals surface area (Å²) in [4.78, 5) is 37.9. The number of nitrogens with zero attached hydrogens (tertiary/aromatic N) is 4. The van der Waals surface area contributed by atoms with Gasteiger partial charge in [-0.2, -0.15) is 0 Å². The standard InChI is InChI=1S/C34H45N5O5/c1-22(2)32-16-28(14-29(37-32)13-25-7-11-39(12-8-25)24(4)40)34(42)35-17-30(41)19-38-10-9-26-15-31(6-5-27(26)18-38)43-20-33-23(3)36-21-44-33/h5-6,14-16,21-22,25,30,41H,7-13,17-20H2,1-4H3,(H,35,42)/t30-/m0/s1. The molecule has 5 rings (SSSR count). The molecule has 0 aliphatic carbocycles. The number of carbonyl (C=O) groups is 2. The van der Waals surface area contributed by atoms with E-state index < -0.39 is 6.10 Å². The normalized spacial score (nSPS) is 16.5. The first-order valence-corrected chi connectivity index (χ1v) is 15.7. The molecule has 1 atom stereocenters. The highest BCUT2D eigenvalue weighted by Gasteiger charge is 2.23. The van der Waals surface area contributed by atoms with E-state index in [1.807, 2.05) is 30.0 Å². The summed E-state index contributed by atoms with van der Waals surface area (Å²) >= 11 is 0. The lowest BCUT2D eigenvalue weighted by atomic mass is 9.91. The molecular formula is C34H45N5O5. The number of pyridine rings is 1. The van der Waals surface area contributed by atoms with E-state index in [1.165, 1.54) is 17.5 Å². The van der Waals surface area contributed by atoms with E-state index in [1.54, 1.807) is 6.92 Å². The first-order chi connectivity index (χ1) is 21.1. The van der Waals surface area contributed by atoms with Gasteiger partial charge in [-0.1, -0.05) is 19.9 Å². The van der Waals surface area contributed by atoms with Gasteiger partial charge in [0.15, 0.2) is 12.2 Å². The molecule has 0 saturated carbocycles. The summed E-state index contributed by atoms with van der Waals surface area (Å²) < 4.78 is 11.3. The zero-order chi connectivity index (χ0) is 31.2. The summed E-state index contributed by atoms with van der Waals surface area (Å²) in [5, 5.41) is 13.8. The second-order valence-electron chi connectivity index (χ2n) is 12.5. The third-order valence-electron chi connectivity index (χ3n) is 8.76. The maximum absolute atomic E-state index is 13.2. The third-order valence-corrected chi connectivity index (χ3v) is 8.76. The average molecular weight is 604 g/mol. The SMILES string of the molecule is CC(=O)N1CCC(Cc2cc(C(=O)NC[C@H](O)CN3CCc4cc(OCc5ocnc5C)ccc4C3)cc(C(C)C)n2)CC1. The fourth-order valence-electron chi connectivity index (χ4n) is 6.01. The number of hydrogen-bond donors (Lipinski definition) is 2. The number of aryl methyl sites for hydroxylation is 1. The Kier molecular flexibility index (Phi) is 10.3. The lowest BCUT2D eigenvalue weighted by Crippen LogP contribution is -2.42. The molecule has 4 heterocycles. The van der Waals surface area contributed by atoms with Crippen LogP contribution >= 0.6 is 0 Å². The predicted octanol–water partition coefficient (Wildman–Crippen LogP) is 4.03. The third kappa shape index (κ3) is 8.24. The number of hydrogen-bond acceptors (Lipinski definition) is 8. The van der Waals surface area contributed by atoms with Crippen LogP contribution in [0.4, 0.5) is 0 Å². The number of nitrogens with one attached hydrogen (secondary N) is 1. The number of amides is 2. The Morgan fingerprint density at radius 3 is 2.64 bits per heavy atom. The van der Waals surface area contributed by atoms with Crippen molar-refractivity contribution in [1.82, 2.24) is 25.1 Å². The molecule has 10 nitrogen and oxygen atoms in total. The van der Waals surface area contributed by atoms with Crippen LogP contribution in [0.15, 0.2) is 41.1 Å². The monoisotopic (exact) mass is 603 g/mol. The number of oxazole rings is 1. The molecule has 0 unspecified atom stereocenters. The molecule has 2 aliphatic heterocycles. The number of β-amino-alcohol motifs (C(OH)–C–C–N with tert-alkyl or cyclic N) is 1. The molecule has 0 spiro atoms. The van der Waals surface area contributed by atoms with E-state index in [-0.39, 0.29) is 24.3 Å². The van der Waals surface area contributed by atoms with Crippen molar-refractivity contribution < 1.29 is 23.8 Å². The van der Waals surface area contributed by atoms with Crippen molar-refractivity contribution in [2.45, 2.75) is 78.6 Å². The summed E-state index contributed by atoms with van der Waals surface area (Å²) in [7, 11) is 0. The molecule has 2 aromatic heterocycles. The number of rotatable bonds is 11. The molecule has 2 amide bonds. The Bertz CT molecular complexity index is 1450. The van der Waals surface area contributed by atoms with Crippen molar-refractivity contribution in [1.29, 1.82) is 0 Å². The van der Waals surface area contributed by atoms with Gasteiger partial charge in [-0.3, -0.25) is 19.5 Å². The van der Waals surface area contributed by atoms with Crippen LogP contribution in [0.25, 0.3) is 0 Å². The van der Waals surface area contributed by atoms with Crippen LogP contribution in [0.2, 0.25) is 0 Å². The van der Waals surface area contributed by atoms with Crippen molar-refractivity contribution in [3.8, 4) is 5.75 Å². The maximum Gasteiger partial charge on any atom is 0.251 e. The van der Waals surface area contributed by atoms with Crippen LogP contribution in [-0.2, 0) is 30.8 Å². The van der Waals surface area contributed by atoms with Crippen LogP contribution in [0.3, 0.4) is 0 Å². The number of carbonyl (C=O) groups excluding carboxylic acids is 2. The number of likely N-dealkylation sites (tertiary alicyclic amines) is 1. The van der Waals surface area contributed by atoms with E-state index in [0.29, 0.717) is 24.6 Å². The quantitative estimate of drug-likeness (QED) is 0.337. The van der Waals surface area contributed by atoms with Gasteiger partial charge in [0, 0.05) is 63.1 Å². The molecular weight excluding hydrogens is 558 g/mol. The second-order valence-corrected chi connectivity index (χ2v) is 12.5. The average Bonchev–Trinajstić information content (AvgIpc) is 3.43. The number of fused-ring (bicyclic) bond motifs is 1. The minimum atomic E-state index is -0.689. The van der Waals surface area contributed by atoms with Gasteiger partial charge in [-0.25, -0.2) is 4.98 Å². The molecule has 3 aromatic rings. The van der Waals surface area contributed by atoms with Gasteiger partial charge < -0.3 is 24.5 Å². The molecule has 2 aliphatic rings. The molecule has 1 aromatic carbocycles. The molecule has 0 bridgehead atoms. The summed E-state index contributed by atoms with van der Waals surface area (Å²) in [5.41, 5.74) is 5.68. The summed E-state index contributed by atoms with van der Waals surface area (Å²) in [5.74, 6) is 2.09. The van der Waals surface area contributed by atoms with Crippen molar-refractivity contribution >= 4 is 11.8 Å². The zero-order valence-electron chi connectivity index (χ0n) is 26.3. The smallest absolute Gasteiger partial charge is 0.251 e. The van der Waals surface area contributed by atoms with Crippen LogP contribution in [0.5, 0.6) is 5.75 Å². The molecule has 1 fully saturated rings. The van der Waals surface area contributed by atoms with Crippen LogP contribution in [0, 0.1) is 12.8 Å². The molecule has 10 heteroatoms. The molecule has 236 valence electrons. The highest BCUT2D eigenvalue weighted by Crippen LogP contribution is 2.26. The minimum absolute atomic E-state index is 0.129. The summed E-state index contributed by atoms with van der Waals surface area (Å²) in [6.45, 7) is 11.8. The van der Waals surface area contributed by atoms with Crippen LogP contribution in [-0.4, -0.2) is 75.5 Å². The van der Waals surface area contributed by atoms with Gasteiger partial charge in [-0.15, -0.1) is 0 Å². The maximum atomic E-state index is 13.2. The van der Waals surface area contributed by atoms with Gasteiger partial charge in [0.2, 0.25) is 5.91 Å². The Hall–Kier alpha value is -3.76. The van der Waals surface area contributed by atoms with Crippen molar-refractivity contribution in [3.05, 3.63) is 76.3 Å². The fraction of sp³-hybridized carbons (Fsp3) is 0.529. The highest BCUT2D eigenvalue weighted by molar-refractivity contribution is 5.94. The number of piperidine rings is 1. The first-order valence-electron chi connectivity index (χ1n) is 15.7. The number of aliphatic hydroxyl groups excluding tert-OH is 1. The first kappa shape index (κ1) is 31.7. The van der Waals surface area contributed by atoms with E-state index >= 15 is 0 Å². The number of aliphatic hydroxyl groups is 1. The Balaban J connectivity index is 1.11. The van der Waals surface area contributed by atoms with Gasteiger partial charge in [0.05, 0.1) is 11.8 Å². The minimum Gasteiger partial charge on any atom is -0.486 e. The topological polar surface area (TPSA) is 121 Å². The van der Waals surface area contributed by atoms with Gasteiger partial charge in [0.25, 0.3) is 5.91 Å². The number of benzene rings is 1. The number of ether oxygens (including phenoxy) is 1. The zero-order valence-corrected chi connectivity index (χ0v) is 26.3. The van der Waals surface area contributed by atoms with Crippen molar-refractivity contribution in [2.24, 2.45) is 5.92 Å². The predicted molar refractivity (Wildman–Crippen MR) is 166 cm³/mol. The van der Waals surface area contributed by atoms with Crippen LogP contribution in [0.1, 0.15) is 83.9 Å². The molecule has 0 radical (unpaired) electrons. The second kappa shape index (κ2) is 14.3. The van der Waals surface area contributed by atoms with Gasteiger partial charge >= 0.3 is 0 Å². The van der Waals surface area contributed by atoms with E-state index in [2.05, 4.69) is 41.2 Å². The largest absolute Gasteiger partial charge is 0.486 e. The molecule has 1 saturated heterocycles. The van der Waals surface area contributed by atoms with E-state index in [0.717, 1.165) is 80.5 Å². The van der Waals surface area contributed by atoms with E-state index in [4.69, 9.17) is 14.1 Å². The highest BCUT2D eigenvalue weighted by atomic mass is 16.5. The Labute approximate surface area is 259 Å². The van der Waals surface area contributed by atoms with Crippen LogP contribution < -0.4 is 10.1 Å². The molecule has 44 heavy (non-hydrogen) atoms. The summed E-state index contributed by atoms with van der Waals surface area (Å²) in [6, 6.07) is 9.88. The summed E-state index contributed by atoms with van der Waals surface area (Å²) in [6.07, 6.45) is 4.28. The van der Waals surface area contributed by atoms with Gasteiger partial charge in [0.1, 0.15) is 12.4 Å². The fourth-order valence-corrected chi connectivity index (χ4v) is 6.01. The van der Waals surface area contributed by atoms with Gasteiger partial charge in [-0.05, 0) is 79.8 Å². The number of aromatic nitrogens is 2. The molecule has 2 N–H and O–H groups in total. The Morgan fingerprint density at radius 1 is 1.14 bits per heavy atom. The van der Waals surface area contributed by atoms with Crippen molar-refractivity contribution in [3.63, 3.8) is 0 Å². The Morgan fingerprint density at radius 2 is 1.93 bits per heavy atom. The van der Waals surface area contributed by atoms with E-state index in [9.17, 15) is 14.7 Å². The lowest BCUT2D eigenvalue weighted by Gasteiger charge is -2.31.